The van der Waals surface area contributed by atoms with E-state index in [1.54, 1.807) is 6.20 Å². The van der Waals surface area contributed by atoms with E-state index in [1.165, 1.54) is 24.3 Å². The SMILES string of the molecule is CCCN1CC(Nc2ncc(N)s2)C1. The van der Waals surface area contributed by atoms with Gasteiger partial charge in [-0.1, -0.05) is 18.3 Å². The Balaban J connectivity index is 1.74. The summed E-state index contributed by atoms with van der Waals surface area (Å²) in [6, 6.07) is 0.562. The summed E-state index contributed by atoms with van der Waals surface area (Å²) in [5.41, 5.74) is 5.59. The van der Waals surface area contributed by atoms with Crippen LogP contribution in [0.5, 0.6) is 0 Å². The number of hydrogen-bond acceptors (Lipinski definition) is 5. The lowest BCUT2D eigenvalue weighted by Gasteiger charge is -2.39. The Kier molecular flexibility index (Phi) is 2.88. The Labute approximate surface area is 88.1 Å². The van der Waals surface area contributed by atoms with Crippen molar-refractivity contribution < 1.29 is 0 Å². The van der Waals surface area contributed by atoms with Crippen LogP contribution >= 0.6 is 11.3 Å². The first-order valence-electron chi connectivity index (χ1n) is 4.98. The second-order valence-electron chi connectivity index (χ2n) is 3.67. The van der Waals surface area contributed by atoms with Gasteiger partial charge in [0.1, 0.15) is 5.00 Å². The van der Waals surface area contributed by atoms with E-state index in [9.17, 15) is 0 Å². The zero-order valence-corrected chi connectivity index (χ0v) is 9.18. The summed E-state index contributed by atoms with van der Waals surface area (Å²) in [6.07, 6.45) is 2.94. The van der Waals surface area contributed by atoms with Crippen molar-refractivity contribution >= 4 is 21.5 Å². The van der Waals surface area contributed by atoms with Crippen LogP contribution in [0.2, 0.25) is 0 Å². The first-order chi connectivity index (χ1) is 6.78. The van der Waals surface area contributed by atoms with Gasteiger partial charge in [0.2, 0.25) is 0 Å². The van der Waals surface area contributed by atoms with E-state index in [2.05, 4.69) is 22.1 Å². The molecule has 1 aromatic rings. The van der Waals surface area contributed by atoms with Crippen LogP contribution in [0.1, 0.15) is 13.3 Å². The van der Waals surface area contributed by atoms with Gasteiger partial charge in [-0.15, -0.1) is 0 Å². The zero-order chi connectivity index (χ0) is 9.97. The van der Waals surface area contributed by atoms with Gasteiger partial charge in [0, 0.05) is 13.1 Å². The van der Waals surface area contributed by atoms with Crippen LogP contribution in [0, 0.1) is 0 Å². The molecule has 1 saturated heterocycles. The topological polar surface area (TPSA) is 54.2 Å². The fourth-order valence-corrected chi connectivity index (χ4v) is 2.35. The number of nitrogens with zero attached hydrogens (tertiary/aromatic N) is 2. The molecule has 1 aliphatic heterocycles. The molecule has 0 saturated carbocycles. The predicted molar refractivity (Wildman–Crippen MR) is 60.7 cm³/mol. The van der Waals surface area contributed by atoms with Gasteiger partial charge in [-0.05, 0) is 13.0 Å². The molecule has 1 fully saturated rings. The Morgan fingerprint density at radius 3 is 3.07 bits per heavy atom. The monoisotopic (exact) mass is 212 g/mol. The molecule has 3 N–H and O–H groups in total. The van der Waals surface area contributed by atoms with Crippen LogP contribution in [0.25, 0.3) is 0 Å². The van der Waals surface area contributed by atoms with Crippen molar-refractivity contribution in [3.63, 3.8) is 0 Å². The number of anilines is 2. The molecule has 0 atom stereocenters. The van der Waals surface area contributed by atoms with E-state index in [4.69, 9.17) is 5.73 Å². The average Bonchev–Trinajstić information content (AvgIpc) is 2.48. The molecule has 14 heavy (non-hydrogen) atoms. The van der Waals surface area contributed by atoms with Gasteiger partial charge in [0.05, 0.1) is 12.2 Å². The molecule has 2 rings (SSSR count). The van der Waals surface area contributed by atoms with Crippen molar-refractivity contribution in [2.24, 2.45) is 0 Å². The molecule has 0 spiro atoms. The van der Waals surface area contributed by atoms with Gasteiger partial charge < -0.3 is 11.1 Å². The normalized spacial score (nSPS) is 18.1. The predicted octanol–water partition coefficient (Wildman–Crippen LogP) is 1.23. The quantitative estimate of drug-likeness (QED) is 0.788. The number of nitrogens with one attached hydrogen (secondary N) is 1. The lowest BCUT2D eigenvalue weighted by atomic mass is 10.1. The number of nitrogen functional groups attached to an aromatic ring is 1. The molecule has 0 radical (unpaired) electrons. The van der Waals surface area contributed by atoms with E-state index in [0.29, 0.717) is 6.04 Å². The van der Waals surface area contributed by atoms with Crippen molar-refractivity contribution in [3.8, 4) is 0 Å². The van der Waals surface area contributed by atoms with Crippen LogP contribution in [-0.2, 0) is 0 Å². The third-order valence-electron chi connectivity index (χ3n) is 2.35. The van der Waals surface area contributed by atoms with Crippen LogP contribution in [0.4, 0.5) is 10.1 Å². The lowest BCUT2D eigenvalue weighted by Crippen LogP contribution is -2.54. The highest BCUT2D eigenvalue weighted by atomic mass is 32.1. The van der Waals surface area contributed by atoms with Crippen molar-refractivity contribution in [1.29, 1.82) is 0 Å². The minimum absolute atomic E-state index is 0.562. The molecule has 0 bridgehead atoms. The van der Waals surface area contributed by atoms with E-state index in [1.807, 2.05) is 0 Å². The summed E-state index contributed by atoms with van der Waals surface area (Å²) in [4.78, 5) is 6.61. The van der Waals surface area contributed by atoms with Crippen molar-refractivity contribution in [3.05, 3.63) is 6.20 Å². The van der Waals surface area contributed by atoms with E-state index >= 15 is 0 Å². The summed E-state index contributed by atoms with van der Waals surface area (Å²) in [7, 11) is 0. The third-order valence-corrected chi connectivity index (χ3v) is 3.11. The largest absolute Gasteiger partial charge is 0.389 e. The van der Waals surface area contributed by atoms with Crippen LogP contribution in [-0.4, -0.2) is 35.6 Å². The molecule has 0 unspecified atom stereocenters. The molecule has 2 heterocycles. The van der Waals surface area contributed by atoms with Gasteiger partial charge in [0.25, 0.3) is 0 Å². The standard InChI is InChI=1S/C9H16N4S/c1-2-3-13-5-7(6-13)12-9-11-4-8(10)14-9/h4,7H,2-3,5-6,10H2,1H3,(H,11,12). The molecule has 0 aliphatic carbocycles. The maximum absolute atomic E-state index is 5.59. The Hall–Kier alpha value is -0.810. The highest BCUT2D eigenvalue weighted by molar-refractivity contribution is 7.19. The first-order valence-corrected chi connectivity index (χ1v) is 5.79. The van der Waals surface area contributed by atoms with Gasteiger partial charge in [-0.25, -0.2) is 4.98 Å². The summed E-state index contributed by atoms with van der Waals surface area (Å²) < 4.78 is 0. The van der Waals surface area contributed by atoms with E-state index < -0.39 is 0 Å². The summed E-state index contributed by atoms with van der Waals surface area (Å²) in [5.74, 6) is 0. The maximum atomic E-state index is 5.59. The van der Waals surface area contributed by atoms with E-state index in [-0.39, 0.29) is 0 Å². The number of aromatic nitrogens is 1. The number of nitrogens with two attached hydrogens (primary N) is 1. The highest BCUT2D eigenvalue weighted by Crippen LogP contribution is 2.22. The van der Waals surface area contributed by atoms with Gasteiger partial charge in [-0.2, -0.15) is 0 Å². The first kappa shape index (κ1) is 9.73. The fraction of sp³-hybridized carbons (Fsp3) is 0.667. The number of likely N-dealkylation sites (tertiary alicyclic amines) is 1. The second-order valence-corrected chi connectivity index (χ2v) is 4.73. The van der Waals surface area contributed by atoms with Crippen molar-refractivity contribution in [2.45, 2.75) is 19.4 Å². The van der Waals surface area contributed by atoms with Gasteiger partial charge in [-0.3, -0.25) is 4.90 Å². The number of thiazole rings is 1. The molecule has 1 aliphatic rings. The van der Waals surface area contributed by atoms with Crippen LogP contribution in [0.15, 0.2) is 6.20 Å². The second kappa shape index (κ2) is 4.14. The molecular formula is C9H16N4S. The number of hydrogen-bond donors (Lipinski definition) is 2. The molecule has 0 amide bonds. The molecule has 4 nitrogen and oxygen atoms in total. The molecule has 0 aromatic carbocycles. The summed E-state index contributed by atoms with van der Waals surface area (Å²) in [6.45, 7) is 5.68. The Bertz CT molecular complexity index is 293. The van der Waals surface area contributed by atoms with Gasteiger partial charge in [0.15, 0.2) is 5.13 Å². The molecule has 1 aromatic heterocycles. The smallest absolute Gasteiger partial charge is 0.184 e. The molecule has 78 valence electrons. The minimum atomic E-state index is 0.562. The van der Waals surface area contributed by atoms with Crippen molar-refractivity contribution in [1.82, 2.24) is 9.88 Å². The maximum Gasteiger partial charge on any atom is 0.184 e. The van der Waals surface area contributed by atoms with Crippen LogP contribution in [0.3, 0.4) is 0 Å². The number of rotatable bonds is 4. The fourth-order valence-electron chi connectivity index (χ4n) is 1.69. The third kappa shape index (κ3) is 2.16. The zero-order valence-electron chi connectivity index (χ0n) is 8.36. The average molecular weight is 212 g/mol. The van der Waals surface area contributed by atoms with E-state index in [0.717, 1.165) is 23.2 Å². The van der Waals surface area contributed by atoms with Crippen LogP contribution < -0.4 is 11.1 Å². The lowest BCUT2D eigenvalue weighted by molar-refractivity contribution is 0.162. The van der Waals surface area contributed by atoms with Crippen molar-refractivity contribution in [2.75, 3.05) is 30.7 Å². The Morgan fingerprint density at radius 1 is 1.71 bits per heavy atom. The minimum Gasteiger partial charge on any atom is -0.389 e. The summed E-state index contributed by atoms with van der Waals surface area (Å²) in [5, 5.41) is 5.10. The highest BCUT2D eigenvalue weighted by Gasteiger charge is 2.25. The Morgan fingerprint density at radius 2 is 2.50 bits per heavy atom. The molecule has 5 heteroatoms. The van der Waals surface area contributed by atoms with Gasteiger partial charge >= 0.3 is 0 Å². The molecular weight excluding hydrogens is 196 g/mol. The summed E-state index contributed by atoms with van der Waals surface area (Å²) >= 11 is 1.52.